The number of nitrogens with one attached hydrogen (secondary N) is 1. The minimum Gasteiger partial charge on any atom is -0.494 e. The Morgan fingerprint density at radius 2 is 2.00 bits per heavy atom. The van der Waals surface area contributed by atoms with E-state index in [1.54, 1.807) is 11.3 Å². The Hall–Kier alpha value is -1.39. The zero-order valence-corrected chi connectivity index (χ0v) is 12.7. The SMILES string of the molecule is CCOc1ccc(-c2nc(C)c(C(C)NC)s2)cc1. The lowest BCUT2D eigenvalue weighted by Gasteiger charge is -2.07. The topological polar surface area (TPSA) is 34.1 Å². The summed E-state index contributed by atoms with van der Waals surface area (Å²) in [5, 5.41) is 4.33. The number of benzene rings is 1. The molecule has 0 radical (unpaired) electrons. The van der Waals surface area contributed by atoms with Gasteiger partial charge in [0.1, 0.15) is 10.8 Å². The van der Waals surface area contributed by atoms with Crippen molar-refractivity contribution in [2.24, 2.45) is 0 Å². The van der Waals surface area contributed by atoms with E-state index in [0.29, 0.717) is 12.6 Å². The minimum atomic E-state index is 0.342. The van der Waals surface area contributed by atoms with Crippen LogP contribution in [-0.2, 0) is 0 Å². The van der Waals surface area contributed by atoms with Gasteiger partial charge in [0.2, 0.25) is 0 Å². The molecule has 2 aromatic rings. The van der Waals surface area contributed by atoms with E-state index in [2.05, 4.69) is 36.3 Å². The van der Waals surface area contributed by atoms with Crippen molar-refractivity contribution in [2.75, 3.05) is 13.7 Å². The molecule has 0 aliphatic carbocycles. The molecule has 1 heterocycles. The van der Waals surface area contributed by atoms with Crippen LogP contribution in [0.2, 0.25) is 0 Å². The predicted molar refractivity (Wildman–Crippen MR) is 80.9 cm³/mol. The van der Waals surface area contributed by atoms with Crippen LogP contribution in [0.25, 0.3) is 10.6 Å². The molecule has 1 aromatic carbocycles. The van der Waals surface area contributed by atoms with Crippen LogP contribution in [0.15, 0.2) is 24.3 Å². The Morgan fingerprint density at radius 3 is 2.58 bits per heavy atom. The first kappa shape index (κ1) is 14.0. The number of rotatable bonds is 5. The highest BCUT2D eigenvalue weighted by Gasteiger charge is 2.13. The highest BCUT2D eigenvalue weighted by atomic mass is 32.1. The first-order valence-electron chi connectivity index (χ1n) is 6.53. The Morgan fingerprint density at radius 1 is 1.32 bits per heavy atom. The van der Waals surface area contributed by atoms with E-state index < -0.39 is 0 Å². The second kappa shape index (κ2) is 6.17. The zero-order valence-electron chi connectivity index (χ0n) is 11.9. The van der Waals surface area contributed by atoms with Gasteiger partial charge in [0.05, 0.1) is 12.3 Å². The third kappa shape index (κ3) is 3.14. The number of hydrogen-bond donors (Lipinski definition) is 1. The van der Waals surface area contributed by atoms with Crippen molar-refractivity contribution in [2.45, 2.75) is 26.8 Å². The van der Waals surface area contributed by atoms with Gasteiger partial charge in [0, 0.05) is 16.5 Å². The summed E-state index contributed by atoms with van der Waals surface area (Å²) in [5.74, 6) is 0.906. The molecule has 3 nitrogen and oxygen atoms in total. The normalized spacial score (nSPS) is 12.4. The molecule has 2 rings (SSSR count). The van der Waals surface area contributed by atoms with Gasteiger partial charge in [-0.25, -0.2) is 4.98 Å². The fourth-order valence-electron chi connectivity index (χ4n) is 1.92. The van der Waals surface area contributed by atoms with Crippen LogP contribution in [0.4, 0.5) is 0 Å². The molecule has 0 saturated carbocycles. The van der Waals surface area contributed by atoms with Crippen LogP contribution in [0.3, 0.4) is 0 Å². The van der Waals surface area contributed by atoms with Crippen molar-refractivity contribution in [3.05, 3.63) is 34.8 Å². The average Bonchev–Trinajstić information content (AvgIpc) is 2.81. The highest BCUT2D eigenvalue weighted by molar-refractivity contribution is 7.15. The fourth-order valence-corrected chi connectivity index (χ4v) is 3.06. The smallest absolute Gasteiger partial charge is 0.123 e. The second-order valence-corrected chi connectivity index (χ2v) is 5.47. The van der Waals surface area contributed by atoms with E-state index in [1.165, 1.54) is 4.88 Å². The monoisotopic (exact) mass is 276 g/mol. The lowest BCUT2D eigenvalue weighted by atomic mass is 10.2. The number of nitrogens with zero attached hydrogens (tertiary/aromatic N) is 1. The lowest BCUT2D eigenvalue weighted by molar-refractivity contribution is 0.340. The summed E-state index contributed by atoms with van der Waals surface area (Å²) in [7, 11) is 1.97. The van der Waals surface area contributed by atoms with Gasteiger partial charge in [0.25, 0.3) is 0 Å². The molecule has 0 aliphatic rings. The van der Waals surface area contributed by atoms with Gasteiger partial charge in [-0.15, -0.1) is 11.3 Å². The van der Waals surface area contributed by atoms with Crippen LogP contribution in [0.5, 0.6) is 5.75 Å². The van der Waals surface area contributed by atoms with E-state index in [9.17, 15) is 0 Å². The largest absolute Gasteiger partial charge is 0.494 e. The number of aromatic nitrogens is 1. The molecule has 1 N–H and O–H groups in total. The van der Waals surface area contributed by atoms with Crippen molar-refractivity contribution in [1.82, 2.24) is 10.3 Å². The molecule has 1 atom stereocenters. The van der Waals surface area contributed by atoms with E-state index >= 15 is 0 Å². The molecule has 0 spiro atoms. The Kier molecular flexibility index (Phi) is 4.56. The summed E-state index contributed by atoms with van der Waals surface area (Å²) >= 11 is 1.75. The maximum Gasteiger partial charge on any atom is 0.123 e. The highest BCUT2D eigenvalue weighted by Crippen LogP contribution is 2.32. The Labute approximate surface area is 118 Å². The van der Waals surface area contributed by atoms with Crippen molar-refractivity contribution in [3.8, 4) is 16.3 Å². The van der Waals surface area contributed by atoms with Gasteiger partial charge in [0.15, 0.2) is 0 Å². The van der Waals surface area contributed by atoms with Crippen molar-refractivity contribution >= 4 is 11.3 Å². The summed E-state index contributed by atoms with van der Waals surface area (Å²) in [6.07, 6.45) is 0. The van der Waals surface area contributed by atoms with E-state index in [0.717, 1.165) is 22.0 Å². The fraction of sp³-hybridized carbons (Fsp3) is 0.400. The molecule has 1 unspecified atom stereocenters. The second-order valence-electron chi connectivity index (χ2n) is 4.44. The van der Waals surface area contributed by atoms with Crippen molar-refractivity contribution in [3.63, 3.8) is 0 Å². The van der Waals surface area contributed by atoms with Crippen LogP contribution in [-0.4, -0.2) is 18.6 Å². The van der Waals surface area contributed by atoms with Crippen molar-refractivity contribution < 1.29 is 4.74 Å². The first-order valence-corrected chi connectivity index (χ1v) is 7.35. The third-order valence-corrected chi connectivity index (χ3v) is 4.46. The molecule has 0 bridgehead atoms. The first-order chi connectivity index (χ1) is 9.15. The van der Waals surface area contributed by atoms with Crippen LogP contribution in [0, 0.1) is 6.92 Å². The molecular formula is C15H20N2OS. The van der Waals surface area contributed by atoms with Gasteiger partial charge < -0.3 is 10.1 Å². The molecule has 102 valence electrons. The number of aryl methyl sites for hydroxylation is 1. The van der Waals surface area contributed by atoms with E-state index in [-0.39, 0.29) is 0 Å². The predicted octanol–water partition coefficient (Wildman–Crippen LogP) is 3.80. The lowest BCUT2D eigenvalue weighted by Crippen LogP contribution is -2.11. The average molecular weight is 276 g/mol. The summed E-state index contributed by atoms with van der Waals surface area (Å²) in [6.45, 7) is 6.91. The van der Waals surface area contributed by atoms with Gasteiger partial charge in [-0.3, -0.25) is 0 Å². The van der Waals surface area contributed by atoms with Gasteiger partial charge >= 0.3 is 0 Å². The Balaban J connectivity index is 2.26. The number of hydrogen-bond acceptors (Lipinski definition) is 4. The summed E-state index contributed by atoms with van der Waals surface area (Å²) in [4.78, 5) is 5.96. The molecule has 0 fully saturated rings. The number of thiazole rings is 1. The molecule has 19 heavy (non-hydrogen) atoms. The summed E-state index contributed by atoms with van der Waals surface area (Å²) in [5.41, 5.74) is 2.25. The summed E-state index contributed by atoms with van der Waals surface area (Å²) in [6, 6.07) is 8.47. The molecular weight excluding hydrogens is 256 g/mol. The van der Waals surface area contributed by atoms with Crippen LogP contribution >= 0.6 is 11.3 Å². The molecule has 0 aliphatic heterocycles. The molecule has 0 saturated heterocycles. The zero-order chi connectivity index (χ0) is 13.8. The van der Waals surface area contributed by atoms with Gasteiger partial charge in [-0.2, -0.15) is 0 Å². The van der Waals surface area contributed by atoms with Crippen LogP contribution in [0.1, 0.15) is 30.5 Å². The third-order valence-electron chi connectivity index (χ3n) is 3.07. The maximum absolute atomic E-state index is 5.45. The van der Waals surface area contributed by atoms with E-state index in [1.807, 2.05) is 26.1 Å². The Bertz CT molecular complexity index is 534. The minimum absolute atomic E-state index is 0.342. The molecule has 0 amide bonds. The number of ether oxygens (including phenoxy) is 1. The quantitative estimate of drug-likeness (QED) is 0.902. The summed E-state index contributed by atoms with van der Waals surface area (Å²) < 4.78 is 5.45. The van der Waals surface area contributed by atoms with Crippen molar-refractivity contribution in [1.29, 1.82) is 0 Å². The molecule has 1 aromatic heterocycles. The van der Waals surface area contributed by atoms with Crippen LogP contribution < -0.4 is 10.1 Å². The van der Waals surface area contributed by atoms with E-state index in [4.69, 9.17) is 4.74 Å². The maximum atomic E-state index is 5.45. The molecule has 4 heteroatoms. The standard InChI is InChI=1S/C15H20N2OS/c1-5-18-13-8-6-12(7-9-13)15-17-11(3)14(19-15)10(2)16-4/h6-10,16H,5H2,1-4H3. The van der Waals surface area contributed by atoms with Gasteiger partial charge in [-0.1, -0.05) is 0 Å². The van der Waals surface area contributed by atoms with Gasteiger partial charge in [-0.05, 0) is 52.1 Å².